The first kappa shape index (κ1) is 13.6. The number of aromatic nitrogens is 2. The molecule has 1 aromatic carbocycles. The van der Waals surface area contributed by atoms with E-state index in [-0.39, 0.29) is 16.6 Å². The Kier molecular flexibility index (Phi) is 3.61. The molecule has 3 nitrogen and oxygen atoms in total. The van der Waals surface area contributed by atoms with Crippen molar-refractivity contribution in [3.8, 4) is 17.0 Å². The van der Waals surface area contributed by atoms with Gasteiger partial charge < -0.3 is 4.74 Å². The van der Waals surface area contributed by atoms with Gasteiger partial charge in [-0.2, -0.15) is 0 Å². The molecule has 0 spiro atoms. The molecule has 0 aliphatic rings. The van der Waals surface area contributed by atoms with Crippen LogP contribution in [0.4, 0.5) is 13.2 Å². The maximum atomic E-state index is 12.3. The lowest BCUT2D eigenvalue weighted by Crippen LogP contribution is -2.17. The molecule has 0 saturated carbocycles. The minimum absolute atomic E-state index is 0.0394. The third kappa shape index (κ3) is 3.35. The Hall–Kier alpha value is -1.82. The highest BCUT2D eigenvalue weighted by molar-refractivity contribution is 6.28. The minimum Gasteiger partial charge on any atom is -0.405 e. The fourth-order valence-corrected chi connectivity index (χ4v) is 1.70. The Balaban J connectivity index is 2.53. The van der Waals surface area contributed by atoms with Gasteiger partial charge in [-0.3, -0.25) is 0 Å². The average Bonchev–Trinajstić information content (AvgIpc) is 2.31. The summed E-state index contributed by atoms with van der Waals surface area (Å²) in [6.07, 6.45) is -3.32. The van der Waals surface area contributed by atoms with Crippen LogP contribution in [-0.2, 0) is 0 Å². The smallest absolute Gasteiger partial charge is 0.405 e. The first-order valence-electron chi connectivity index (χ1n) is 5.21. The van der Waals surface area contributed by atoms with E-state index in [9.17, 15) is 13.2 Å². The second-order valence-electron chi connectivity index (χ2n) is 3.71. The molecule has 7 heteroatoms. The number of halogens is 4. The molecular weight excluding hydrogens is 281 g/mol. The quantitative estimate of drug-likeness (QED) is 0.783. The van der Waals surface area contributed by atoms with Crippen molar-refractivity contribution in [3.63, 3.8) is 0 Å². The van der Waals surface area contributed by atoms with Crippen LogP contribution in [0.5, 0.6) is 5.75 Å². The largest absolute Gasteiger partial charge is 0.573 e. The monoisotopic (exact) mass is 288 g/mol. The van der Waals surface area contributed by atoms with E-state index in [1.54, 1.807) is 13.0 Å². The lowest BCUT2D eigenvalue weighted by atomic mass is 10.1. The summed E-state index contributed by atoms with van der Waals surface area (Å²) in [5, 5.41) is -0.0394. The maximum Gasteiger partial charge on any atom is 0.573 e. The first-order chi connectivity index (χ1) is 8.87. The van der Waals surface area contributed by atoms with Gasteiger partial charge in [-0.15, -0.1) is 13.2 Å². The summed E-state index contributed by atoms with van der Waals surface area (Å²) in [4.78, 5) is 7.70. The SMILES string of the molecule is Cc1cnc(Cl)nc1-c1ccccc1OC(F)(F)F. The van der Waals surface area contributed by atoms with Crippen molar-refractivity contribution in [1.29, 1.82) is 0 Å². The zero-order valence-corrected chi connectivity index (χ0v) is 10.5. The van der Waals surface area contributed by atoms with E-state index in [0.29, 0.717) is 11.3 Å². The van der Waals surface area contributed by atoms with Gasteiger partial charge in [0.25, 0.3) is 0 Å². The van der Waals surface area contributed by atoms with E-state index in [1.165, 1.54) is 24.4 Å². The van der Waals surface area contributed by atoms with Gasteiger partial charge in [0.05, 0.1) is 5.69 Å². The standard InChI is InChI=1S/C12H8ClF3N2O/c1-7-6-17-11(13)18-10(7)8-4-2-3-5-9(8)19-12(14,15)16/h2-6H,1H3. The van der Waals surface area contributed by atoms with Crippen LogP contribution in [-0.4, -0.2) is 16.3 Å². The topological polar surface area (TPSA) is 35.0 Å². The molecule has 2 rings (SSSR count). The van der Waals surface area contributed by atoms with E-state index in [2.05, 4.69) is 14.7 Å². The fourth-order valence-electron chi connectivity index (χ4n) is 1.57. The highest BCUT2D eigenvalue weighted by atomic mass is 35.5. The molecule has 0 aliphatic carbocycles. The van der Waals surface area contributed by atoms with Crippen LogP contribution in [0.2, 0.25) is 5.28 Å². The molecule has 0 atom stereocenters. The van der Waals surface area contributed by atoms with Crippen molar-refractivity contribution in [3.05, 3.63) is 41.3 Å². The molecule has 1 heterocycles. The second-order valence-corrected chi connectivity index (χ2v) is 4.05. The normalized spacial score (nSPS) is 11.4. The molecule has 0 bridgehead atoms. The van der Waals surface area contributed by atoms with Crippen LogP contribution >= 0.6 is 11.6 Å². The molecule has 0 unspecified atom stereocenters. The van der Waals surface area contributed by atoms with E-state index in [1.807, 2.05) is 0 Å². The van der Waals surface area contributed by atoms with Crippen molar-refractivity contribution >= 4 is 11.6 Å². The Morgan fingerprint density at radius 1 is 1.21 bits per heavy atom. The highest BCUT2D eigenvalue weighted by Crippen LogP contribution is 2.34. The lowest BCUT2D eigenvalue weighted by molar-refractivity contribution is -0.274. The number of para-hydroxylation sites is 1. The number of ether oxygens (including phenoxy) is 1. The van der Waals surface area contributed by atoms with Crippen LogP contribution in [0.1, 0.15) is 5.56 Å². The molecule has 2 aromatic rings. The molecule has 0 amide bonds. The molecule has 0 aliphatic heterocycles. The number of nitrogens with zero attached hydrogens (tertiary/aromatic N) is 2. The zero-order valence-electron chi connectivity index (χ0n) is 9.70. The summed E-state index contributed by atoms with van der Waals surface area (Å²) in [5.41, 5.74) is 1.11. The molecule has 100 valence electrons. The van der Waals surface area contributed by atoms with Gasteiger partial charge in [0.15, 0.2) is 0 Å². The van der Waals surface area contributed by atoms with Gasteiger partial charge >= 0.3 is 6.36 Å². The molecule has 0 radical (unpaired) electrons. The Labute approximate surface area is 112 Å². The second kappa shape index (κ2) is 5.05. The summed E-state index contributed by atoms with van der Waals surface area (Å²) in [6, 6.07) is 5.74. The van der Waals surface area contributed by atoms with E-state index in [0.717, 1.165) is 0 Å². The van der Waals surface area contributed by atoms with Gasteiger partial charge in [-0.05, 0) is 36.2 Å². The van der Waals surface area contributed by atoms with Crippen molar-refractivity contribution in [1.82, 2.24) is 9.97 Å². The maximum absolute atomic E-state index is 12.3. The lowest BCUT2D eigenvalue weighted by Gasteiger charge is -2.13. The summed E-state index contributed by atoms with van der Waals surface area (Å²) in [6.45, 7) is 1.68. The summed E-state index contributed by atoms with van der Waals surface area (Å²) < 4.78 is 41.0. The molecule has 0 saturated heterocycles. The van der Waals surface area contributed by atoms with Gasteiger partial charge in [0, 0.05) is 11.8 Å². The Morgan fingerprint density at radius 2 is 1.89 bits per heavy atom. The van der Waals surface area contributed by atoms with Gasteiger partial charge in [0.2, 0.25) is 5.28 Å². The minimum atomic E-state index is -4.76. The molecular formula is C12H8ClF3N2O. The van der Waals surface area contributed by atoms with Gasteiger partial charge in [-0.1, -0.05) is 12.1 Å². The number of benzene rings is 1. The van der Waals surface area contributed by atoms with Crippen molar-refractivity contribution in [2.45, 2.75) is 13.3 Å². The number of rotatable bonds is 2. The van der Waals surface area contributed by atoms with Crippen molar-refractivity contribution in [2.24, 2.45) is 0 Å². The van der Waals surface area contributed by atoms with Crippen LogP contribution in [0.3, 0.4) is 0 Å². The number of aryl methyl sites for hydroxylation is 1. The predicted molar refractivity (Wildman–Crippen MR) is 63.9 cm³/mol. The van der Waals surface area contributed by atoms with Crippen LogP contribution in [0.25, 0.3) is 11.3 Å². The number of alkyl halides is 3. The summed E-state index contributed by atoms with van der Waals surface area (Å²) in [7, 11) is 0. The van der Waals surface area contributed by atoms with E-state index in [4.69, 9.17) is 11.6 Å². The number of hydrogen-bond acceptors (Lipinski definition) is 3. The summed E-state index contributed by atoms with van der Waals surface area (Å²) in [5.74, 6) is -0.326. The molecule has 0 fully saturated rings. The predicted octanol–water partition coefficient (Wildman–Crippen LogP) is 4.00. The Morgan fingerprint density at radius 3 is 2.58 bits per heavy atom. The third-order valence-corrected chi connectivity index (χ3v) is 2.49. The average molecular weight is 289 g/mol. The molecule has 19 heavy (non-hydrogen) atoms. The van der Waals surface area contributed by atoms with Crippen molar-refractivity contribution < 1.29 is 17.9 Å². The van der Waals surface area contributed by atoms with Crippen LogP contribution in [0.15, 0.2) is 30.5 Å². The highest BCUT2D eigenvalue weighted by Gasteiger charge is 2.32. The first-order valence-corrected chi connectivity index (χ1v) is 5.59. The van der Waals surface area contributed by atoms with E-state index < -0.39 is 6.36 Å². The van der Waals surface area contributed by atoms with E-state index >= 15 is 0 Å². The third-order valence-electron chi connectivity index (χ3n) is 2.31. The van der Waals surface area contributed by atoms with Gasteiger partial charge in [0.1, 0.15) is 5.75 Å². The zero-order chi connectivity index (χ0) is 14.0. The number of hydrogen-bond donors (Lipinski definition) is 0. The van der Waals surface area contributed by atoms with Crippen LogP contribution in [0, 0.1) is 6.92 Å². The fraction of sp³-hybridized carbons (Fsp3) is 0.167. The van der Waals surface area contributed by atoms with Crippen molar-refractivity contribution in [2.75, 3.05) is 0 Å². The summed E-state index contributed by atoms with van der Waals surface area (Å²) >= 11 is 5.67. The van der Waals surface area contributed by atoms with Gasteiger partial charge in [-0.25, -0.2) is 9.97 Å². The Bertz CT molecular complexity index is 602. The molecule has 1 aromatic heterocycles. The molecule has 0 N–H and O–H groups in total. The van der Waals surface area contributed by atoms with Crippen LogP contribution < -0.4 is 4.74 Å².